The number of anilines is 1. The number of nitrogens with zero attached hydrogens (tertiary/aromatic N) is 4. The molecule has 0 spiro atoms. The van der Waals surface area contributed by atoms with Crippen LogP contribution >= 0.6 is 35.2 Å². The number of aliphatic hydroxyl groups excluding tert-OH is 3. The molecule has 3 rings (SSSR count). The molecule has 3 unspecified atom stereocenters. The molecule has 1 fully saturated rings. The fourth-order valence-corrected chi connectivity index (χ4v) is 9.87. The van der Waals surface area contributed by atoms with Crippen molar-refractivity contribution >= 4 is 69.1 Å². The van der Waals surface area contributed by atoms with E-state index in [1.807, 2.05) is 0 Å². The molecule has 29 heteroatoms. The van der Waals surface area contributed by atoms with Crippen molar-refractivity contribution in [2.45, 2.75) is 135 Å². The normalized spacial score (nSPS) is 21.0. The van der Waals surface area contributed by atoms with E-state index in [1.54, 1.807) is 0 Å². The van der Waals surface area contributed by atoms with Crippen LogP contribution in [0.1, 0.15) is 104 Å². The van der Waals surface area contributed by atoms with E-state index in [0.717, 1.165) is 54.7 Å². The number of imidazole rings is 1. The highest BCUT2D eigenvalue weighted by molar-refractivity contribution is 8.13. The second-order valence-electron chi connectivity index (χ2n) is 15.7. The Labute approximate surface area is 374 Å². The lowest BCUT2D eigenvalue weighted by Gasteiger charge is -2.30. The Kier molecular flexibility index (Phi) is 22.8. The predicted molar refractivity (Wildman–Crippen MR) is 230 cm³/mol. The Hall–Kier alpha value is -2.48. The molecule has 0 radical (unpaired) electrons. The number of unbranched alkanes of at least 4 members (excludes halogenated alkanes) is 9. The molecular weight excluding hydrogens is 931 g/mol. The van der Waals surface area contributed by atoms with Gasteiger partial charge in [-0.05, 0) is 6.42 Å². The van der Waals surface area contributed by atoms with Crippen molar-refractivity contribution < 1.29 is 85.6 Å². The molecule has 25 nitrogen and oxygen atoms in total. The Bertz CT molecular complexity index is 1960. The average molecular weight is 994 g/mol. The number of thioether (sulfide) groups is 1. The fraction of sp³-hybridized carbons (Fsp3) is 0.771. The Morgan fingerprint density at radius 1 is 0.922 bits per heavy atom. The van der Waals surface area contributed by atoms with Gasteiger partial charge in [0, 0.05) is 30.7 Å². The molecule has 64 heavy (non-hydrogen) atoms. The first kappa shape index (κ1) is 55.8. The summed E-state index contributed by atoms with van der Waals surface area (Å²) in [5, 5.41) is 36.2. The van der Waals surface area contributed by atoms with Crippen LogP contribution in [-0.4, -0.2) is 134 Å². The fourth-order valence-electron chi connectivity index (χ4n) is 6.32. The number of rotatable bonds is 31. The number of ether oxygens (including phenoxy) is 1. The Balaban J connectivity index is 1.36. The van der Waals surface area contributed by atoms with E-state index in [-0.39, 0.29) is 47.4 Å². The van der Waals surface area contributed by atoms with Crippen molar-refractivity contribution in [1.29, 1.82) is 0 Å². The molecule has 366 valence electrons. The van der Waals surface area contributed by atoms with Gasteiger partial charge in [0.1, 0.15) is 42.4 Å². The van der Waals surface area contributed by atoms with E-state index in [1.165, 1.54) is 52.4 Å². The first-order valence-electron chi connectivity index (χ1n) is 20.7. The zero-order chi connectivity index (χ0) is 47.7. The number of hydrogen-bond donors (Lipinski definition) is 10. The summed E-state index contributed by atoms with van der Waals surface area (Å²) in [5.74, 6) is -1.29. The maximum atomic E-state index is 12.7. The summed E-state index contributed by atoms with van der Waals surface area (Å²) in [6.45, 7) is 2.54. The molecule has 1 aliphatic rings. The smallest absolute Gasteiger partial charge is 0.386 e. The van der Waals surface area contributed by atoms with E-state index >= 15 is 0 Å². The van der Waals surface area contributed by atoms with Gasteiger partial charge in [0.2, 0.25) is 16.9 Å². The summed E-state index contributed by atoms with van der Waals surface area (Å²) in [5.41, 5.74) is 4.25. The van der Waals surface area contributed by atoms with Gasteiger partial charge in [0.25, 0.3) is 0 Å². The van der Waals surface area contributed by atoms with E-state index in [9.17, 15) is 63.0 Å². The summed E-state index contributed by atoms with van der Waals surface area (Å²) >= 11 is 0.910. The number of aliphatic hydroxyl groups is 3. The minimum Gasteiger partial charge on any atom is -0.386 e. The van der Waals surface area contributed by atoms with Crippen LogP contribution in [0.4, 0.5) is 5.82 Å². The minimum absolute atomic E-state index is 0.0274. The van der Waals surface area contributed by atoms with Crippen LogP contribution in [0.2, 0.25) is 0 Å². The maximum absolute atomic E-state index is 12.7. The summed E-state index contributed by atoms with van der Waals surface area (Å²) in [6.07, 6.45) is 3.72. The van der Waals surface area contributed by atoms with E-state index in [0.29, 0.717) is 6.42 Å². The number of aromatic nitrogens is 4. The zero-order valence-corrected chi connectivity index (χ0v) is 39.4. The first-order valence-corrected chi connectivity index (χ1v) is 26.2. The number of phosphoric acid groups is 3. The van der Waals surface area contributed by atoms with Gasteiger partial charge in [0.05, 0.1) is 19.5 Å². The van der Waals surface area contributed by atoms with Gasteiger partial charge < -0.3 is 56.0 Å². The monoisotopic (exact) mass is 993 g/mol. The van der Waals surface area contributed by atoms with Crippen molar-refractivity contribution in [2.24, 2.45) is 5.41 Å². The van der Waals surface area contributed by atoms with Gasteiger partial charge >= 0.3 is 23.5 Å². The molecule has 3 heterocycles. The molecule has 0 bridgehead atoms. The number of nitrogens with one attached hydrogen (secondary N) is 2. The van der Waals surface area contributed by atoms with Gasteiger partial charge in [-0.2, -0.15) is 4.31 Å². The summed E-state index contributed by atoms with van der Waals surface area (Å²) in [6, 6.07) is 0. The lowest BCUT2D eigenvalue weighted by Crippen LogP contribution is -2.46. The molecule has 1 aliphatic heterocycles. The molecule has 2 amide bonds. The van der Waals surface area contributed by atoms with Crippen LogP contribution in [0.5, 0.6) is 0 Å². The molecule has 8 atom stereocenters. The number of nitrogen functional groups attached to an aromatic ring is 1. The average Bonchev–Trinajstić information content (AvgIpc) is 3.78. The van der Waals surface area contributed by atoms with Crippen LogP contribution in [0.25, 0.3) is 11.2 Å². The van der Waals surface area contributed by atoms with Crippen molar-refractivity contribution in [3.05, 3.63) is 12.7 Å². The highest BCUT2D eigenvalue weighted by Gasteiger charge is 2.50. The topological polar surface area (TPSA) is 384 Å². The molecule has 0 saturated carbocycles. The van der Waals surface area contributed by atoms with E-state index < -0.39 is 90.7 Å². The Morgan fingerprint density at radius 2 is 1.55 bits per heavy atom. The number of fused-ring (bicyclic) bond motifs is 1. The highest BCUT2D eigenvalue weighted by atomic mass is 32.2. The highest BCUT2D eigenvalue weighted by Crippen LogP contribution is 2.61. The zero-order valence-electron chi connectivity index (χ0n) is 35.9. The van der Waals surface area contributed by atoms with Gasteiger partial charge in [-0.25, -0.2) is 28.6 Å². The number of hydrogen-bond acceptors (Lipinski definition) is 19. The van der Waals surface area contributed by atoms with Gasteiger partial charge in [-0.1, -0.05) is 96.7 Å². The van der Waals surface area contributed by atoms with Gasteiger partial charge in [-0.3, -0.25) is 32.5 Å². The van der Waals surface area contributed by atoms with E-state index in [2.05, 4.69) is 41.3 Å². The number of nitrogens with two attached hydrogens (primary N) is 1. The molecule has 0 aliphatic carbocycles. The van der Waals surface area contributed by atoms with Gasteiger partial charge in [0.15, 0.2) is 17.7 Å². The molecule has 2 aromatic rings. The van der Waals surface area contributed by atoms with Crippen LogP contribution in [0.15, 0.2) is 12.7 Å². The third kappa shape index (κ3) is 19.0. The second kappa shape index (κ2) is 26.2. The lowest BCUT2D eigenvalue weighted by atomic mass is 9.87. The Morgan fingerprint density at radius 3 is 2.19 bits per heavy atom. The van der Waals surface area contributed by atoms with E-state index in [4.69, 9.17) is 19.5 Å². The van der Waals surface area contributed by atoms with Crippen molar-refractivity contribution in [3.8, 4) is 0 Å². The number of phosphoric ester groups is 3. The number of carbonyl (C=O) groups excluding carboxylic acids is 3. The van der Waals surface area contributed by atoms with Gasteiger partial charge in [-0.15, -0.1) is 0 Å². The van der Waals surface area contributed by atoms with Crippen molar-refractivity contribution in [2.75, 3.05) is 37.8 Å². The standard InChI is InChI=1S/C35H62N7O18P3S/c1-4-5-6-7-8-9-10-11-12-13-14-23(43)34(48)64-18-17-37-25(44)15-16-38-32(47)29(46)35(2,3)20-57-63(54,55)60-62(52,53)56-19-24-28(59-61(49,50)51)27(45)33(58-24)42-22-41-26-30(36)39-21-40-31(26)42/h21-24,27-29,33,43,45-46H,4-20H2,1-3H3,(H,37,44)(H,38,47)(H,52,53)(H,54,55)(H2,36,39,40)(H2,49,50,51)/t23?,24-,27-,28-,29+,33-/m1/s1. The van der Waals surface area contributed by atoms with Crippen molar-refractivity contribution in [1.82, 2.24) is 30.2 Å². The SMILES string of the molecule is CCCCCCCCCCCCC(O)C(=O)SCCNC(=O)CCNC(=O)[C@H](O)C(C)(C)COP(=O)(O)OP(=O)(O)OC[C@H]1O[C@@H](n2cnc3c(N)ncnc32)[C@H](O)[C@@H]1OP(=O)(O)O. The number of amides is 2. The summed E-state index contributed by atoms with van der Waals surface area (Å²) in [4.78, 5) is 88.2. The van der Waals surface area contributed by atoms with Crippen LogP contribution in [0, 0.1) is 5.41 Å². The molecular formula is C35H62N7O18P3S. The lowest BCUT2D eigenvalue weighted by molar-refractivity contribution is -0.137. The van der Waals surface area contributed by atoms with Crippen LogP contribution in [-0.2, 0) is 50.7 Å². The number of carbonyl (C=O) groups is 3. The van der Waals surface area contributed by atoms with Crippen LogP contribution in [0.3, 0.4) is 0 Å². The third-order valence-electron chi connectivity index (χ3n) is 9.85. The third-order valence-corrected chi connectivity index (χ3v) is 13.9. The minimum atomic E-state index is -5.58. The molecule has 2 aromatic heterocycles. The molecule has 0 aromatic carbocycles. The largest absolute Gasteiger partial charge is 0.481 e. The first-order chi connectivity index (χ1) is 30.0. The summed E-state index contributed by atoms with van der Waals surface area (Å²) in [7, 11) is -16.4. The molecule has 1 saturated heterocycles. The second-order valence-corrected chi connectivity index (χ2v) is 21.1. The quantitative estimate of drug-likeness (QED) is 0.0383. The summed E-state index contributed by atoms with van der Waals surface area (Å²) < 4.78 is 62.3. The molecule has 11 N–H and O–H groups in total. The van der Waals surface area contributed by atoms with Crippen molar-refractivity contribution in [3.63, 3.8) is 0 Å². The predicted octanol–water partition coefficient (Wildman–Crippen LogP) is 2.34. The van der Waals surface area contributed by atoms with Crippen LogP contribution < -0.4 is 16.4 Å². The maximum Gasteiger partial charge on any atom is 0.481 e.